The van der Waals surface area contributed by atoms with Crippen molar-refractivity contribution in [2.75, 3.05) is 6.54 Å². The maximum atomic E-state index is 11.8. The number of thioether (sulfide) groups is 1. The molecule has 1 aromatic heterocycles. The van der Waals surface area contributed by atoms with Gasteiger partial charge in [0.15, 0.2) is 0 Å². The van der Waals surface area contributed by atoms with Crippen LogP contribution in [0.2, 0.25) is 0 Å². The van der Waals surface area contributed by atoms with Crippen LogP contribution in [0.3, 0.4) is 0 Å². The van der Waals surface area contributed by atoms with E-state index in [1.807, 2.05) is 17.2 Å². The molecule has 1 aliphatic heterocycles. The van der Waals surface area contributed by atoms with Crippen molar-refractivity contribution in [2.24, 2.45) is 0 Å². The average Bonchev–Trinajstić information content (AvgIpc) is 2.38. The van der Waals surface area contributed by atoms with Gasteiger partial charge in [0.1, 0.15) is 5.03 Å². The molecule has 1 amide bonds. The van der Waals surface area contributed by atoms with Gasteiger partial charge in [-0.05, 0) is 25.3 Å². The number of hydrogen-bond acceptors (Lipinski definition) is 3. The molecule has 3 nitrogen and oxygen atoms in total. The molecule has 2 rings (SSSR count). The molecule has 0 spiro atoms. The van der Waals surface area contributed by atoms with E-state index >= 15 is 0 Å². The van der Waals surface area contributed by atoms with E-state index in [1.165, 1.54) is 12.0 Å². The first-order valence-corrected chi connectivity index (χ1v) is 7.86. The maximum Gasteiger partial charge on any atom is 0.219 e. The van der Waals surface area contributed by atoms with E-state index in [0.717, 1.165) is 24.4 Å². The zero-order valence-electron chi connectivity index (χ0n) is 11.9. The van der Waals surface area contributed by atoms with E-state index in [9.17, 15) is 4.79 Å². The van der Waals surface area contributed by atoms with Crippen LogP contribution in [0.4, 0.5) is 0 Å². The van der Waals surface area contributed by atoms with Crippen LogP contribution >= 0.6 is 11.8 Å². The van der Waals surface area contributed by atoms with Gasteiger partial charge in [-0.1, -0.05) is 19.9 Å². The third kappa shape index (κ3) is 3.50. The fourth-order valence-corrected chi connectivity index (χ4v) is 3.52. The maximum absolute atomic E-state index is 11.8. The van der Waals surface area contributed by atoms with Crippen LogP contribution in [0.25, 0.3) is 0 Å². The minimum Gasteiger partial charge on any atom is -0.336 e. The van der Waals surface area contributed by atoms with Crippen molar-refractivity contribution in [2.45, 2.75) is 56.4 Å². The van der Waals surface area contributed by atoms with Crippen LogP contribution in [-0.2, 0) is 4.79 Å². The largest absolute Gasteiger partial charge is 0.336 e. The van der Waals surface area contributed by atoms with Crippen molar-refractivity contribution in [3.05, 3.63) is 23.9 Å². The summed E-state index contributed by atoms with van der Waals surface area (Å²) in [5, 5.41) is 1.58. The first kappa shape index (κ1) is 14.4. The Labute approximate surface area is 119 Å². The molecule has 1 atom stereocenters. The van der Waals surface area contributed by atoms with Gasteiger partial charge >= 0.3 is 0 Å². The monoisotopic (exact) mass is 278 g/mol. The van der Waals surface area contributed by atoms with Gasteiger partial charge in [-0.2, -0.15) is 0 Å². The summed E-state index contributed by atoms with van der Waals surface area (Å²) >= 11 is 1.78. The molecule has 0 bridgehead atoms. The topological polar surface area (TPSA) is 33.2 Å². The second-order valence-electron chi connectivity index (χ2n) is 5.29. The molecular weight excluding hydrogens is 256 g/mol. The van der Waals surface area contributed by atoms with Crippen LogP contribution in [0, 0.1) is 0 Å². The van der Waals surface area contributed by atoms with E-state index in [-0.39, 0.29) is 11.9 Å². The normalized spacial score (nSPS) is 19.8. The summed E-state index contributed by atoms with van der Waals surface area (Å²) in [5.74, 6) is 0.175. The van der Waals surface area contributed by atoms with E-state index in [1.54, 1.807) is 18.7 Å². The highest BCUT2D eigenvalue weighted by Gasteiger charge is 2.28. The van der Waals surface area contributed by atoms with Crippen molar-refractivity contribution in [1.82, 2.24) is 9.88 Å². The lowest BCUT2D eigenvalue weighted by atomic mass is 9.96. The number of carbonyl (C=O) groups excluding carboxylic acids is 1. The molecule has 4 heteroatoms. The zero-order chi connectivity index (χ0) is 13.8. The quantitative estimate of drug-likeness (QED) is 0.791. The number of hydrogen-bond donors (Lipinski definition) is 0. The highest BCUT2D eigenvalue weighted by atomic mass is 32.2. The molecule has 1 saturated heterocycles. The Bertz CT molecular complexity index is 448. The lowest BCUT2D eigenvalue weighted by molar-refractivity contribution is -0.132. The molecule has 1 aliphatic rings. The Hall–Kier alpha value is -1.03. The number of pyridine rings is 1. The van der Waals surface area contributed by atoms with Crippen molar-refractivity contribution < 1.29 is 4.79 Å². The lowest BCUT2D eigenvalue weighted by Crippen LogP contribution is -2.37. The summed E-state index contributed by atoms with van der Waals surface area (Å²) < 4.78 is 0. The highest BCUT2D eigenvalue weighted by molar-refractivity contribution is 7.99. The van der Waals surface area contributed by atoms with Crippen LogP contribution in [-0.4, -0.2) is 27.6 Å². The first-order chi connectivity index (χ1) is 9.09. The number of piperidine rings is 1. The molecule has 19 heavy (non-hydrogen) atoms. The summed E-state index contributed by atoms with van der Waals surface area (Å²) in [7, 11) is 0. The van der Waals surface area contributed by atoms with Crippen molar-refractivity contribution >= 4 is 17.7 Å². The molecule has 0 N–H and O–H groups in total. The third-order valence-electron chi connectivity index (χ3n) is 3.41. The Kier molecular flexibility index (Phi) is 4.86. The van der Waals surface area contributed by atoms with Crippen LogP contribution in [0.1, 0.15) is 51.6 Å². The molecule has 1 unspecified atom stereocenters. The first-order valence-electron chi connectivity index (χ1n) is 6.98. The van der Waals surface area contributed by atoms with Crippen molar-refractivity contribution in [3.63, 3.8) is 0 Å². The van der Waals surface area contributed by atoms with Gasteiger partial charge in [-0.3, -0.25) is 4.79 Å². The van der Waals surface area contributed by atoms with Gasteiger partial charge in [-0.15, -0.1) is 11.8 Å². The third-order valence-corrected chi connectivity index (χ3v) is 4.45. The predicted octanol–water partition coefficient (Wildman–Crippen LogP) is 3.66. The average molecular weight is 278 g/mol. The summed E-state index contributed by atoms with van der Waals surface area (Å²) in [6, 6.07) is 4.32. The van der Waals surface area contributed by atoms with Crippen LogP contribution < -0.4 is 0 Å². The molecule has 1 aromatic rings. The molecule has 2 heterocycles. The minimum atomic E-state index is 0.175. The number of rotatable bonds is 3. The molecule has 0 radical (unpaired) electrons. The second kappa shape index (κ2) is 6.42. The van der Waals surface area contributed by atoms with E-state index in [4.69, 9.17) is 0 Å². The highest BCUT2D eigenvalue weighted by Crippen LogP contribution is 2.36. The van der Waals surface area contributed by atoms with E-state index in [2.05, 4.69) is 24.9 Å². The molecule has 1 fully saturated rings. The van der Waals surface area contributed by atoms with Gasteiger partial charge in [0.05, 0.1) is 6.04 Å². The van der Waals surface area contributed by atoms with E-state index < -0.39 is 0 Å². The molecule has 104 valence electrons. The van der Waals surface area contributed by atoms with Gasteiger partial charge in [0.25, 0.3) is 0 Å². The van der Waals surface area contributed by atoms with Crippen LogP contribution in [0.5, 0.6) is 0 Å². The smallest absolute Gasteiger partial charge is 0.219 e. The number of likely N-dealkylation sites (tertiary alicyclic amines) is 1. The van der Waals surface area contributed by atoms with Gasteiger partial charge < -0.3 is 4.90 Å². The zero-order valence-corrected chi connectivity index (χ0v) is 12.7. The van der Waals surface area contributed by atoms with Crippen molar-refractivity contribution in [1.29, 1.82) is 0 Å². The number of aromatic nitrogens is 1. The Morgan fingerprint density at radius 2 is 2.26 bits per heavy atom. The SMILES string of the molecule is CC(=O)N1CCCCC1c1cccnc1SC(C)C. The lowest BCUT2D eigenvalue weighted by Gasteiger charge is -2.36. The summed E-state index contributed by atoms with van der Waals surface area (Å²) in [6.07, 6.45) is 5.20. The number of nitrogens with zero attached hydrogens (tertiary/aromatic N) is 2. The van der Waals surface area contributed by atoms with Gasteiger partial charge in [0.2, 0.25) is 5.91 Å². The Morgan fingerprint density at radius 3 is 2.95 bits per heavy atom. The summed E-state index contributed by atoms with van der Waals surface area (Å²) in [4.78, 5) is 18.3. The molecule has 0 saturated carbocycles. The minimum absolute atomic E-state index is 0.175. The number of amides is 1. The predicted molar refractivity (Wildman–Crippen MR) is 79.2 cm³/mol. The summed E-state index contributed by atoms with van der Waals surface area (Å²) in [6.45, 7) is 6.89. The van der Waals surface area contributed by atoms with Crippen molar-refractivity contribution in [3.8, 4) is 0 Å². The van der Waals surface area contributed by atoms with Gasteiger partial charge in [-0.25, -0.2) is 4.98 Å². The van der Waals surface area contributed by atoms with E-state index in [0.29, 0.717) is 5.25 Å². The summed E-state index contributed by atoms with van der Waals surface area (Å²) in [5.41, 5.74) is 1.22. The second-order valence-corrected chi connectivity index (χ2v) is 6.85. The van der Waals surface area contributed by atoms with Gasteiger partial charge in [0, 0.05) is 30.5 Å². The molecular formula is C15H22N2OS. The number of carbonyl (C=O) groups is 1. The molecule has 0 aliphatic carbocycles. The Morgan fingerprint density at radius 1 is 1.47 bits per heavy atom. The van der Waals surface area contributed by atoms with Crippen LogP contribution in [0.15, 0.2) is 23.4 Å². The fraction of sp³-hybridized carbons (Fsp3) is 0.600. The standard InChI is InChI=1S/C15H22N2OS/c1-11(2)19-15-13(7-6-9-16-15)14-8-4-5-10-17(14)12(3)18/h6-7,9,11,14H,4-5,8,10H2,1-3H3. The molecule has 0 aromatic carbocycles. The Balaban J connectivity index is 2.30. The fourth-order valence-electron chi connectivity index (χ4n) is 2.61.